The normalized spacial score (nSPS) is 11.7. The maximum Gasteiger partial charge on any atom is 0.272 e. The van der Waals surface area contributed by atoms with E-state index in [0.29, 0.717) is 16.6 Å². The first kappa shape index (κ1) is 17.1. The molecule has 0 aliphatic rings. The van der Waals surface area contributed by atoms with Crippen molar-refractivity contribution >= 4 is 32.5 Å². The summed E-state index contributed by atoms with van der Waals surface area (Å²) in [7, 11) is -2.27. The number of anilines is 1. The average molecular weight is 365 g/mol. The SMILES string of the molecule is Cn1c(C(=O)Nc2ccc(S(N)(=O)=O)cc2)cc2cc(F)c(F)cc21. The molecule has 2 aromatic carbocycles. The molecule has 0 unspecified atom stereocenters. The van der Waals surface area contributed by atoms with Gasteiger partial charge in [-0.2, -0.15) is 0 Å². The highest BCUT2D eigenvalue weighted by molar-refractivity contribution is 7.89. The van der Waals surface area contributed by atoms with E-state index in [2.05, 4.69) is 5.32 Å². The molecule has 6 nitrogen and oxygen atoms in total. The fraction of sp³-hybridized carbons (Fsp3) is 0.0625. The molecular weight excluding hydrogens is 352 g/mol. The third-order valence-corrected chi connectivity index (χ3v) is 4.69. The highest BCUT2D eigenvalue weighted by Gasteiger charge is 2.16. The molecule has 3 aromatic rings. The first-order valence-corrected chi connectivity index (χ1v) is 8.60. The van der Waals surface area contributed by atoms with E-state index in [1.165, 1.54) is 34.9 Å². The number of hydrogen-bond acceptors (Lipinski definition) is 3. The fourth-order valence-corrected chi connectivity index (χ4v) is 2.99. The molecule has 0 aliphatic carbocycles. The van der Waals surface area contributed by atoms with Gasteiger partial charge in [0.2, 0.25) is 10.0 Å². The quantitative estimate of drug-likeness (QED) is 0.746. The van der Waals surface area contributed by atoms with Gasteiger partial charge in [-0.05, 0) is 36.4 Å². The van der Waals surface area contributed by atoms with Gasteiger partial charge in [-0.3, -0.25) is 4.79 Å². The molecule has 0 fully saturated rings. The van der Waals surface area contributed by atoms with Crippen molar-refractivity contribution in [2.45, 2.75) is 4.90 Å². The molecule has 0 aliphatic heterocycles. The van der Waals surface area contributed by atoms with Crippen LogP contribution >= 0.6 is 0 Å². The van der Waals surface area contributed by atoms with Crippen LogP contribution in [0.5, 0.6) is 0 Å². The van der Waals surface area contributed by atoms with Crippen molar-refractivity contribution in [3.8, 4) is 0 Å². The minimum atomic E-state index is -3.82. The topological polar surface area (TPSA) is 94.2 Å². The number of sulfonamides is 1. The Hall–Kier alpha value is -2.78. The zero-order valence-electron chi connectivity index (χ0n) is 13.0. The van der Waals surface area contributed by atoms with Gasteiger partial charge in [0.1, 0.15) is 5.69 Å². The number of carbonyl (C=O) groups is 1. The van der Waals surface area contributed by atoms with Gasteiger partial charge in [0.05, 0.1) is 10.4 Å². The predicted octanol–water partition coefficient (Wildman–Crippen LogP) is 2.36. The summed E-state index contributed by atoms with van der Waals surface area (Å²) in [5.74, 6) is -2.51. The number of nitrogens with one attached hydrogen (secondary N) is 1. The Bertz CT molecular complexity index is 1090. The first-order chi connectivity index (χ1) is 11.7. The first-order valence-electron chi connectivity index (χ1n) is 7.05. The number of aromatic nitrogens is 1. The molecule has 1 aromatic heterocycles. The van der Waals surface area contributed by atoms with Crippen molar-refractivity contribution in [3.63, 3.8) is 0 Å². The van der Waals surface area contributed by atoms with Crippen molar-refractivity contribution in [2.24, 2.45) is 12.2 Å². The van der Waals surface area contributed by atoms with Crippen molar-refractivity contribution in [1.29, 1.82) is 0 Å². The van der Waals surface area contributed by atoms with Gasteiger partial charge in [-0.15, -0.1) is 0 Å². The predicted molar refractivity (Wildman–Crippen MR) is 88.6 cm³/mol. The number of benzene rings is 2. The molecule has 0 atom stereocenters. The highest BCUT2D eigenvalue weighted by atomic mass is 32.2. The Kier molecular flexibility index (Phi) is 4.05. The molecule has 0 saturated carbocycles. The molecule has 3 N–H and O–H groups in total. The molecule has 0 bridgehead atoms. The highest BCUT2D eigenvalue weighted by Crippen LogP contribution is 2.23. The average Bonchev–Trinajstić information content (AvgIpc) is 2.84. The van der Waals surface area contributed by atoms with Crippen LogP contribution in [0.4, 0.5) is 14.5 Å². The fourth-order valence-electron chi connectivity index (χ4n) is 2.47. The second-order valence-electron chi connectivity index (χ2n) is 5.44. The van der Waals surface area contributed by atoms with Crippen LogP contribution in [0, 0.1) is 11.6 Å². The molecule has 130 valence electrons. The van der Waals surface area contributed by atoms with Crippen LogP contribution in [0.3, 0.4) is 0 Å². The van der Waals surface area contributed by atoms with Crippen LogP contribution in [-0.2, 0) is 17.1 Å². The maximum atomic E-state index is 13.4. The van der Waals surface area contributed by atoms with Crippen molar-refractivity contribution in [2.75, 3.05) is 5.32 Å². The summed E-state index contributed by atoms with van der Waals surface area (Å²) in [5, 5.41) is 7.98. The van der Waals surface area contributed by atoms with Crippen molar-refractivity contribution in [1.82, 2.24) is 4.57 Å². The lowest BCUT2D eigenvalue weighted by Gasteiger charge is -2.07. The standard InChI is InChI=1S/C16H13F2N3O3S/c1-21-14-8-13(18)12(17)6-9(14)7-15(21)16(22)20-10-2-4-11(5-3-10)25(19,23)24/h2-8H,1H3,(H,20,22)(H2,19,23,24). The van der Waals surface area contributed by atoms with Gasteiger partial charge in [-0.25, -0.2) is 22.3 Å². The second-order valence-corrected chi connectivity index (χ2v) is 7.00. The smallest absolute Gasteiger partial charge is 0.272 e. The van der Waals surface area contributed by atoms with Gasteiger partial charge in [0.15, 0.2) is 11.6 Å². The number of fused-ring (bicyclic) bond motifs is 1. The second kappa shape index (κ2) is 5.94. The number of halogens is 2. The Morgan fingerprint density at radius 3 is 2.28 bits per heavy atom. The van der Waals surface area contributed by atoms with E-state index in [1.54, 1.807) is 7.05 Å². The molecule has 9 heteroatoms. The maximum absolute atomic E-state index is 13.4. The summed E-state index contributed by atoms with van der Waals surface area (Å²) in [6.45, 7) is 0. The van der Waals surface area contributed by atoms with Crippen molar-refractivity contribution < 1.29 is 22.0 Å². The molecular formula is C16H13F2N3O3S. The van der Waals surface area contributed by atoms with E-state index < -0.39 is 27.6 Å². The zero-order chi connectivity index (χ0) is 18.4. The Morgan fingerprint density at radius 1 is 1.08 bits per heavy atom. The van der Waals surface area contributed by atoms with E-state index in [-0.39, 0.29) is 10.6 Å². The van der Waals surface area contributed by atoms with Gasteiger partial charge in [-0.1, -0.05) is 0 Å². The third-order valence-electron chi connectivity index (χ3n) is 3.76. The molecule has 0 spiro atoms. The van der Waals surface area contributed by atoms with Gasteiger partial charge < -0.3 is 9.88 Å². The number of nitrogens with two attached hydrogens (primary N) is 1. The van der Waals surface area contributed by atoms with E-state index in [1.807, 2.05) is 0 Å². The number of hydrogen-bond donors (Lipinski definition) is 2. The van der Waals surface area contributed by atoms with Gasteiger partial charge in [0.25, 0.3) is 5.91 Å². The summed E-state index contributed by atoms with van der Waals surface area (Å²) >= 11 is 0. The summed E-state index contributed by atoms with van der Waals surface area (Å²) < 4.78 is 50.6. The molecule has 3 rings (SSSR count). The molecule has 0 saturated heterocycles. The van der Waals surface area contributed by atoms with Crippen LogP contribution in [-0.4, -0.2) is 18.9 Å². The van der Waals surface area contributed by atoms with E-state index in [9.17, 15) is 22.0 Å². The third kappa shape index (κ3) is 3.24. The van der Waals surface area contributed by atoms with Crippen molar-refractivity contribution in [3.05, 3.63) is 59.8 Å². The molecule has 25 heavy (non-hydrogen) atoms. The number of rotatable bonds is 3. The summed E-state index contributed by atoms with van der Waals surface area (Å²) in [5.41, 5.74) is 0.907. The summed E-state index contributed by atoms with van der Waals surface area (Å²) in [6.07, 6.45) is 0. The lowest BCUT2D eigenvalue weighted by atomic mass is 10.2. The Balaban J connectivity index is 1.91. The van der Waals surface area contributed by atoms with Gasteiger partial charge in [0, 0.05) is 24.2 Å². The van der Waals surface area contributed by atoms with Crippen LogP contribution in [0.2, 0.25) is 0 Å². The number of primary sulfonamides is 1. The monoisotopic (exact) mass is 365 g/mol. The minimum absolute atomic E-state index is 0.0824. The lowest BCUT2D eigenvalue weighted by Crippen LogP contribution is -2.16. The minimum Gasteiger partial charge on any atom is -0.340 e. The Labute approximate surface area is 141 Å². The van der Waals surface area contributed by atoms with Crippen LogP contribution < -0.4 is 10.5 Å². The molecule has 0 radical (unpaired) electrons. The molecule has 1 amide bonds. The van der Waals surface area contributed by atoms with Gasteiger partial charge >= 0.3 is 0 Å². The van der Waals surface area contributed by atoms with Crippen LogP contribution in [0.1, 0.15) is 10.5 Å². The zero-order valence-corrected chi connectivity index (χ0v) is 13.8. The van der Waals surface area contributed by atoms with Crippen LogP contribution in [0.15, 0.2) is 47.4 Å². The summed E-state index contributed by atoms with van der Waals surface area (Å²) in [4.78, 5) is 12.3. The number of aryl methyl sites for hydroxylation is 1. The van der Waals surface area contributed by atoms with E-state index in [0.717, 1.165) is 12.1 Å². The Morgan fingerprint density at radius 2 is 1.68 bits per heavy atom. The number of amides is 1. The van der Waals surface area contributed by atoms with E-state index in [4.69, 9.17) is 5.14 Å². The summed E-state index contributed by atoms with van der Waals surface area (Å²) in [6, 6.07) is 8.77. The van der Waals surface area contributed by atoms with Crippen LogP contribution in [0.25, 0.3) is 10.9 Å². The number of nitrogens with zero attached hydrogens (tertiary/aromatic N) is 1. The lowest BCUT2D eigenvalue weighted by molar-refractivity contribution is 0.101. The number of carbonyl (C=O) groups excluding carboxylic acids is 1. The molecule has 1 heterocycles. The largest absolute Gasteiger partial charge is 0.340 e. The van der Waals surface area contributed by atoms with E-state index >= 15 is 0 Å².